The molecule has 0 saturated heterocycles. The Balaban J connectivity index is 1.55. The molecule has 2 aromatic carbocycles. The van der Waals surface area contributed by atoms with Crippen molar-refractivity contribution in [2.45, 2.75) is 12.5 Å². The molecule has 1 N–H and O–H groups in total. The van der Waals surface area contributed by atoms with Crippen molar-refractivity contribution in [3.63, 3.8) is 0 Å². The van der Waals surface area contributed by atoms with E-state index in [4.69, 9.17) is 16.3 Å². The molecule has 3 aromatic rings. The van der Waals surface area contributed by atoms with E-state index in [2.05, 4.69) is 10.3 Å². The van der Waals surface area contributed by atoms with Crippen molar-refractivity contribution < 1.29 is 9.53 Å². The van der Waals surface area contributed by atoms with Gasteiger partial charge >= 0.3 is 0 Å². The fourth-order valence-electron chi connectivity index (χ4n) is 2.26. The maximum Gasteiger partial charge on any atom is 0.250 e. The SMILES string of the molecule is O=C(COCc1ccccc1)Nc1cccc(-c2nc(CCl)cs2)c1. The lowest BCUT2D eigenvalue weighted by atomic mass is 10.2. The third kappa shape index (κ3) is 5.13. The molecule has 0 atom stereocenters. The van der Waals surface area contributed by atoms with Gasteiger partial charge in [0.1, 0.15) is 11.6 Å². The van der Waals surface area contributed by atoms with E-state index in [0.717, 1.165) is 21.8 Å². The zero-order valence-corrected chi connectivity index (χ0v) is 15.0. The first-order valence-corrected chi connectivity index (χ1v) is 9.18. The number of carbonyl (C=O) groups is 1. The number of thiazole rings is 1. The van der Waals surface area contributed by atoms with Crippen molar-refractivity contribution in [1.29, 1.82) is 0 Å². The highest BCUT2D eigenvalue weighted by Crippen LogP contribution is 2.26. The predicted octanol–water partition coefficient (Wildman–Crippen LogP) is 4.70. The molecule has 0 saturated carbocycles. The standard InChI is InChI=1S/C19H17ClN2O2S/c20-10-17-13-25-19(22-17)15-7-4-8-16(9-15)21-18(23)12-24-11-14-5-2-1-3-6-14/h1-9,13H,10-12H2,(H,21,23). The summed E-state index contributed by atoms with van der Waals surface area (Å²) in [5.41, 5.74) is 3.55. The summed E-state index contributed by atoms with van der Waals surface area (Å²) in [6.07, 6.45) is 0. The summed E-state index contributed by atoms with van der Waals surface area (Å²) < 4.78 is 5.45. The number of alkyl halides is 1. The number of rotatable bonds is 7. The highest BCUT2D eigenvalue weighted by atomic mass is 35.5. The van der Waals surface area contributed by atoms with E-state index in [-0.39, 0.29) is 12.5 Å². The fourth-order valence-corrected chi connectivity index (χ4v) is 3.31. The van der Waals surface area contributed by atoms with Crippen LogP contribution in [0.2, 0.25) is 0 Å². The summed E-state index contributed by atoms with van der Waals surface area (Å²) in [6.45, 7) is 0.418. The summed E-state index contributed by atoms with van der Waals surface area (Å²) in [5, 5.41) is 5.66. The highest BCUT2D eigenvalue weighted by Gasteiger charge is 2.07. The topological polar surface area (TPSA) is 51.2 Å². The Morgan fingerprint density at radius 3 is 2.76 bits per heavy atom. The number of amides is 1. The van der Waals surface area contributed by atoms with Crippen LogP contribution in [0, 0.1) is 0 Å². The zero-order chi connectivity index (χ0) is 17.5. The average Bonchev–Trinajstić information content (AvgIpc) is 3.12. The van der Waals surface area contributed by atoms with Crippen LogP contribution in [-0.2, 0) is 22.0 Å². The number of halogens is 1. The molecule has 1 aromatic heterocycles. The van der Waals surface area contributed by atoms with Crippen molar-refractivity contribution in [3.8, 4) is 10.6 Å². The minimum atomic E-state index is -0.186. The van der Waals surface area contributed by atoms with Crippen molar-refractivity contribution in [3.05, 3.63) is 71.2 Å². The molecule has 128 valence electrons. The Morgan fingerprint density at radius 2 is 2.00 bits per heavy atom. The first-order chi connectivity index (χ1) is 12.2. The van der Waals surface area contributed by atoms with Crippen molar-refractivity contribution in [2.75, 3.05) is 11.9 Å². The van der Waals surface area contributed by atoms with E-state index in [9.17, 15) is 4.79 Å². The lowest BCUT2D eigenvalue weighted by Gasteiger charge is -2.07. The van der Waals surface area contributed by atoms with Gasteiger partial charge in [-0.05, 0) is 17.7 Å². The molecule has 0 spiro atoms. The largest absolute Gasteiger partial charge is 0.367 e. The molecule has 0 fully saturated rings. The van der Waals surface area contributed by atoms with Gasteiger partial charge in [0.25, 0.3) is 0 Å². The van der Waals surface area contributed by atoms with Crippen molar-refractivity contribution in [1.82, 2.24) is 4.98 Å². The van der Waals surface area contributed by atoms with Gasteiger partial charge in [-0.25, -0.2) is 4.98 Å². The smallest absolute Gasteiger partial charge is 0.250 e. The number of nitrogens with one attached hydrogen (secondary N) is 1. The molecule has 0 aliphatic rings. The van der Waals surface area contributed by atoms with E-state index in [1.807, 2.05) is 60.0 Å². The normalized spacial score (nSPS) is 10.6. The lowest BCUT2D eigenvalue weighted by molar-refractivity contribution is -0.121. The second-order valence-electron chi connectivity index (χ2n) is 5.39. The molecule has 1 amide bonds. The van der Waals surface area contributed by atoms with Crippen LogP contribution in [0.3, 0.4) is 0 Å². The minimum Gasteiger partial charge on any atom is -0.367 e. The number of hydrogen-bond donors (Lipinski definition) is 1. The molecule has 0 aliphatic carbocycles. The van der Waals surface area contributed by atoms with Crippen LogP contribution >= 0.6 is 22.9 Å². The Bertz CT molecular complexity index is 836. The van der Waals surface area contributed by atoms with E-state index >= 15 is 0 Å². The predicted molar refractivity (Wildman–Crippen MR) is 102 cm³/mol. The highest BCUT2D eigenvalue weighted by molar-refractivity contribution is 7.13. The van der Waals surface area contributed by atoms with Gasteiger partial charge in [0, 0.05) is 16.6 Å². The maximum absolute atomic E-state index is 12.0. The van der Waals surface area contributed by atoms with Crippen LogP contribution < -0.4 is 5.32 Å². The lowest BCUT2D eigenvalue weighted by Crippen LogP contribution is -2.18. The van der Waals surface area contributed by atoms with Crippen LogP contribution in [0.1, 0.15) is 11.3 Å². The summed E-state index contributed by atoms with van der Waals surface area (Å²) >= 11 is 7.33. The van der Waals surface area contributed by atoms with Crippen molar-refractivity contribution in [2.24, 2.45) is 0 Å². The maximum atomic E-state index is 12.0. The Labute approximate surface area is 155 Å². The van der Waals surface area contributed by atoms with Gasteiger partial charge in [0.05, 0.1) is 18.2 Å². The minimum absolute atomic E-state index is 0.00672. The molecule has 25 heavy (non-hydrogen) atoms. The van der Waals surface area contributed by atoms with E-state index in [0.29, 0.717) is 18.2 Å². The van der Waals surface area contributed by atoms with Crippen molar-refractivity contribution >= 4 is 34.5 Å². The average molecular weight is 373 g/mol. The van der Waals surface area contributed by atoms with E-state index < -0.39 is 0 Å². The van der Waals surface area contributed by atoms with Gasteiger partial charge < -0.3 is 10.1 Å². The second kappa shape index (κ2) is 8.76. The monoisotopic (exact) mass is 372 g/mol. The summed E-state index contributed by atoms with van der Waals surface area (Å²) in [7, 11) is 0. The zero-order valence-electron chi connectivity index (χ0n) is 13.4. The molecule has 0 unspecified atom stereocenters. The van der Waals surface area contributed by atoms with Crippen LogP contribution in [0.25, 0.3) is 10.6 Å². The molecule has 6 heteroatoms. The summed E-state index contributed by atoms with van der Waals surface area (Å²) in [5.74, 6) is 0.208. The van der Waals surface area contributed by atoms with Gasteiger partial charge in [-0.15, -0.1) is 22.9 Å². The summed E-state index contributed by atoms with van der Waals surface area (Å²) in [6, 6.07) is 17.3. The number of nitrogens with zero attached hydrogens (tertiary/aromatic N) is 1. The van der Waals surface area contributed by atoms with Gasteiger partial charge in [-0.3, -0.25) is 4.79 Å². The van der Waals surface area contributed by atoms with E-state index in [1.54, 1.807) is 0 Å². The van der Waals surface area contributed by atoms with Gasteiger partial charge in [0.2, 0.25) is 5.91 Å². The molecule has 3 rings (SSSR count). The molecular formula is C19H17ClN2O2S. The van der Waals surface area contributed by atoms with Crippen LogP contribution in [0.4, 0.5) is 5.69 Å². The Kier molecular flexibility index (Phi) is 6.17. The molecule has 0 aliphatic heterocycles. The van der Waals surface area contributed by atoms with Gasteiger partial charge in [-0.1, -0.05) is 42.5 Å². The summed E-state index contributed by atoms with van der Waals surface area (Å²) in [4.78, 5) is 16.5. The number of benzene rings is 2. The fraction of sp³-hybridized carbons (Fsp3) is 0.158. The van der Waals surface area contributed by atoms with Gasteiger partial charge in [0.15, 0.2) is 0 Å². The van der Waals surface area contributed by atoms with E-state index in [1.165, 1.54) is 11.3 Å². The first-order valence-electron chi connectivity index (χ1n) is 7.77. The Hall–Kier alpha value is -2.21. The van der Waals surface area contributed by atoms with Crippen LogP contribution in [0.15, 0.2) is 60.0 Å². The molecular weight excluding hydrogens is 356 g/mol. The number of aromatic nitrogens is 1. The van der Waals surface area contributed by atoms with Crippen LogP contribution in [-0.4, -0.2) is 17.5 Å². The second-order valence-corrected chi connectivity index (χ2v) is 6.51. The van der Waals surface area contributed by atoms with Gasteiger partial charge in [-0.2, -0.15) is 0 Å². The molecule has 1 heterocycles. The Morgan fingerprint density at radius 1 is 1.16 bits per heavy atom. The number of anilines is 1. The third-order valence-corrected chi connectivity index (χ3v) is 4.64. The van der Waals surface area contributed by atoms with Crippen LogP contribution in [0.5, 0.6) is 0 Å². The number of carbonyl (C=O) groups excluding carboxylic acids is 1. The number of ether oxygens (including phenoxy) is 1. The molecule has 0 radical (unpaired) electrons. The first kappa shape index (κ1) is 17.6. The quantitative estimate of drug-likeness (QED) is 0.611. The molecule has 0 bridgehead atoms. The third-order valence-electron chi connectivity index (χ3n) is 3.43. The number of hydrogen-bond acceptors (Lipinski definition) is 4. The molecule has 4 nitrogen and oxygen atoms in total.